The third kappa shape index (κ3) is 4.25. The number of nitriles is 1. The molecule has 1 amide bonds. The Balaban J connectivity index is 2.20. The van der Waals surface area contributed by atoms with Crippen molar-refractivity contribution < 1.29 is 4.79 Å². The summed E-state index contributed by atoms with van der Waals surface area (Å²) in [6.07, 6.45) is 0. The molecule has 0 radical (unpaired) electrons. The van der Waals surface area contributed by atoms with Gasteiger partial charge in [0.1, 0.15) is 6.04 Å². The highest BCUT2D eigenvalue weighted by Crippen LogP contribution is 2.26. The number of rotatable bonds is 5. The predicted molar refractivity (Wildman–Crippen MR) is 90.5 cm³/mol. The molecule has 1 fully saturated rings. The molecule has 1 aromatic rings. The third-order valence-electron chi connectivity index (χ3n) is 3.90. The summed E-state index contributed by atoms with van der Waals surface area (Å²) in [5.74, 6) is 2.06. The van der Waals surface area contributed by atoms with Gasteiger partial charge in [-0.2, -0.15) is 17.0 Å². The van der Waals surface area contributed by atoms with Crippen LogP contribution in [-0.2, 0) is 4.79 Å². The number of thioether (sulfide) groups is 1. The van der Waals surface area contributed by atoms with Crippen LogP contribution in [0.15, 0.2) is 30.3 Å². The van der Waals surface area contributed by atoms with Gasteiger partial charge >= 0.3 is 0 Å². The van der Waals surface area contributed by atoms with Gasteiger partial charge in [-0.3, -0.25) is 9.69 Å². The number of nitrogens with zero attached hydrogens (tertiary/aromatic N) is 3. The van der Waals surface area contributed by atoms with Crippen molar-refractivity contribution in [2.45, 2.75) is 13.0 Å². The Morgan fingerprint density at radius 2 is 2.00 bits per heavy atom. The summed E-state index contributed by atoms with van der Waals surface area (Å²) in [6.45, 7) is 4.18. The lowest BCUT2D eigenvalue weighted by Crippen LogP contribution is -2.45. The molecule has 0 aromatic heterocycles. The number of amides is 1. The molecule has 1 saturated heterocycles. The Morgan fingerprint density at radius 1 is 1.36 bits per heavy atom. The summed E-state index contributed by atoms with van der Waals surface area (Å²) in [5, 5.41) is 8.97. The Morgan fingerprint density at radius 3 is 2.59 bits per heavy atom. The highest BCUT2D eigenvalue weighted by molar-refractivity contribution is 7.99. The van der Waals surface area contributed by atoms with Gasteiger partial charge in [-0.15, -0.1) is 0 Å². The van der Waals surface area contributed by atoms with Gasteiger partial charge in [0.15, 0.2) is 0 Å². The molecule has 1 aliphatic heterocycles. The van der Waals surface area contributed by atoms with Crippen molar-refractivity contribution in [1.29, 1.82) is 5.26 Å². The molecule has 0 bridgehead atoms. The van der Waals surface area contributed by atoms with E-state index in [-0.39, 0.29) is 17.9 Å². The van der Waals surface area contributed by atoms with Gasteiger partial charge in [0.25, 0.3) is 0 Å². The molecule has 2 atom stereocenters. The first-order valence-corrected chi connectivity index (χ1v) is 8.80. The van der Waals surface area contributed by atoms with Gasteiger partial charge in [-0.25, -0.2) is 0 Å². The average molecular weight is 317 g/mol. The highest BCUT2D eigenvalue weighted by atomic mass is 32.2. The Bertz CT molecular complexity index is 522. The van der Waals surface area contributed by atoms with E-state index < -0.39 is 0 Å². The Labute approximate surface area is 137 Å². The Kier molecular flexibility index (Phi) is 6.29. The summed E-state index contributed by atoms with van der Waals surface area (Å²) in [4.78, 5) is 16.9. The molecule has 0 N–H and O–H groups in total. The van der Waals surface area contributed by atoms with Crippen molar-refractivity contribution in [3.8, 4) is 6.07 Å². The molecule has 1 aromatic carbocycles. The summed E-state index contributed by atoms with van der Waals surface area (Å²) in [6, 6.07) is 11.9. The maximum atomic E-state index is 13.0. The lowest BCUT2D eigenvalue weighted by atomic mass is 10.0. The van der Waals surface area contributed by atoms with Crippen LogP contribution in [0, 0.1) is 17.2 Å². The van der Waals surface area contributed by atoms with Gasteiger partial charge in [0, 0.05) is 38.2 Å². The fraction of sp³-hybridized carbons (Fsp3) is 0.529. The maximum absolute atomic E-state index is 13.0. The van der Waals surface area contributed by atoms with Crippen molar-refractivity contribution in [2.24, 2.45) is 5.92 Å². The van der Waals surface area contributed by atoms with Crippen LogP contribution in [0.25, 0.3) is 0 Å². The van der Waals surface area contributed by atoms with E-state index in [1.807, 2.05) is 49.0 Å². The fourth-order valence-corrected chi connectivity index (χ4v) is 3.66. The van der Waals surface area contributed by atoms with Gasteiger partial charge < -0.3 is 4.90 Å². The lowest BCUT2D eigenvalue weighted by Gasteiger charge is -2.36. The number of likely N-dealkylation sites (N-methyl/N-ethyl adjacent to an activating group) is 1. The molecule has 2 rings (SSSR count). The van der Waals surface area contributed by atoms with E-state index in [4.69, 9.17) is 5.26 Å². The van der Waals surface area contributed by atoms with Crippen molar-refractivity contribution in [3.63, 3.8) is 0 Å². The number of carbonyl (C=O) groups is 1. The summed E-state index contributed by atoms with van der Waals surface area (Å²) >= 11 is 1.94. The minimum Gasteiger partial charge on any atom is -0.343 e. The standard InChI is InChI=1S/C17H23N3OS/c1-14(12-18)13-19(2)17(21)16(15-6-4-3-5-7-15)20-8-10-22-11-9-20/h3-7,14,16H,8-11,13H2,1-2H3/t14-,16+/m1/s1. The van der Waals surface area contributed by atoms with Crippen LogP contribution in [0.5, 0.6) is 0 Å². The predicted octanol–water partition coefficient (Wildman–Crippen LogP) is 2.39. The van der Waals surface area contributed by atoms with E-state index in [1.165, 1.54) is 0 Å². The molecule has 0 aliphatic carbocycles. The van der Waals surface area contributed by atoms with Gasteiger partial charge in [-0.1, -0.05) is 30.3 Å². The molecule has 1 aliphatic rings. The molecule has 0 unspecified atom stereocenters. The zero-order valence-corrected chi connectivity index (χ0v) is 14.1. The minimum atomic E-state index is -0.238. The first kappa shape index (κ1) is 16.9. The first-order chi connectivity index (χ1) is 10.6. The highest BCUT2D eigenvalue weighted by Gasteiger charge is 2.31. The van der Waals surface area contributed by atoms with Crippen LogP contribution in [0.4, 0.5) is 0 Å². The lowest BCUT2D eigenvalue weighted by molar-refractivity contribution is -0.136. The van der Waals surface area contributed by atoms with Crippen molar-refractivity contribution in [2.75, 3.05) is 38.2 Å². The zero-order chi connectivity index (χ0) is 15.9. The molecule has 4 nitrogen and oxygen atoms in total. The zero-order valence-electron chi connectivity index (χ0n) is 13.2. The van der Waals surface area contributed by atoms with Crippen LogP contribution in [0.1, 0.15) is 18.5 Å². The molecular formula is C17H23N3OS. The van der Waals surface area contributed by atoms with E-state index in [0.717, 1.165) is 30.2 Å². The van der Waals surface area contributed by atoms with Crippen LogP contribution in [-0.4, -0.2) is 53.9 Å². The average Bonchev–Trinajstić information content (AvgIpc) is 2.56. The molecule has 22 heavy (non-hydrogen) atoms. The number of hydrogen-bond acceptors (Lipinski definition) is 4. The summed E-state index contributed by atoms with van der Waals surface area (Å²) in [5.41, 5.74) is 1.04. The number of hydrogen-bond donors (Lipinski definition) is 0. The Hall–Kier alpha value is -1.51. The molecule has 1 heterocycles. The van der Waals surface area contributed by atoms with E-state index in [0.29, 0.717) is 6.54 Å². The molecular weight excluding hydrogens is 294 g/mol. The second-order valence-corrected chi connectivity index (χ2v) is 6.94. The van der Waals surface area contributed by atoms with Crippen molar-refractivity contribution >= 4 is 17.7 Å². The minimum absolute atomic E-state index is 0.0835. The second-order valence-electron chi connectivity index (χ2n) is 5.71. The SMILES string of the molecule is C[C@H](C#N)CN(C)C(=O)[C@H](c1ccccc1)N1CCSCC1. The number of carbonyl (C=O) groups excluding carboxylic acids is 1. The van der Waals surface area contributed by atoms with E-state index in [9.17, 15) is 4.79 Å². The van der Waals surface area contributed by atoms with Crippen LogP contribution < -0.4 is 0 Å². The maximum Gasteiger partial charge on any atom is 0.244 e. The molecule has 0 saturated carbocycles. The topological polar surface area (TPSA) is 47.3 Å². The van der Waals surface area contributed by atoms with Gasteiger partial charge in [-0.05, 0) is 12.5 Å². The molecule has 5 heteroatoms. The van der Waals surface area contributed by atoms with Crippen LogP contribution in [0.2, 0.25) is 0 Å². The van der Waals surface area contributed by atoms with Crippen molar-refractivity contribution in [1.82, 2.24) is 9.80 Å². The van der Waals surface area contributed by atoms with Gasteiger partial charge in [0.05, 0.1) is 12.0 Å². The third-order valence-corrected chi connectivity index (χ3v) is 4.85. The van der Waals surface area contributed by atoms with Gasteiger partial charge in [0.2, 0.25) is 5.91 Å². The largest absolute Gasteiger partial charge is 0.343 e. The van der Waals surface area contributed by atoms with Crippen LogP contribution in [0.3, 0.4) is 0 Å². The number of benzene rings is 1. The monoisotopic (exact) mass is 317 g/mol. The summed E-state index contributed by atoms with van der Waals surface area (Å²) in [7, 11) is 1.80. The summed E-state index contributed by atoms with van der Waals surface area (Å²) < 4.78 is 0. The van der Waals surface area contributed by atoms with E-state index in [1.54, 1.807) is 11.9 Å². The second kappa shape index (κ2) is 8.21. The van der Waals surface area contributed by atoms with Crippen molar-refractivity contribution in [3.05, 3.63) is 35.9 Å². The van der Waals surface area contributed by atoms with Crippen LogP contribution >= 0.6 is 11.8 Å². The van der Waals surface area contributed by atoms with E-state index in [2.05, 4.69) is 11.0 Å². The normalized spacial score (nSPS) is 18.2. The molecule has 118 valence electrons. The first-order valence-electron chi connectivity index (χ1n) is 7.65. The smallest absolute Gasteiger partial charge is 0.244 e. The fourth-order valence-electron chi connectivity index (χ4n) is 2.73. The van der Waals surface area contributed by atoms with E-state index >= 15 is 0 Å². The quantitative estimate of drug-likeness (QED) is 0.836. The molecule has 0 spiro atoms.